The van der Waals surface area contributed by atoms with Gasteiger partial charge < -0.3 is 15.1 Å². The minimum atomic E-state index is -0.485. The number of aromatic nitrogens is 3. The van der Waals surface area contributed by atoms with Crippen LogP contribution in [0.4, 0.5) is 16.0 Å². The Bertz CT molecular complexity index is 993. The number of nitrogens with zero attached hydrogens (tertiary/aromatic N) is 6. The zero-order valence-corrected chi connectivity index (χ0v) is 17.7. The molecule has 0 radical (unpaired) electrons. The quantitative estimate of drug-likeness (QED) is 0.798. The Morgan fingerprint density at radius 3 is 2.67 bits per heavy atom. The summed E-state index contributed by atoms with van der Waals surface area (Å²) in [6.07, 6.45) is 5.76. The first-order valence-electron chi connectivity index (χ1n) is 9.92. The Balaban J connectivity index is 1.51. The van der Waals surface area contributed by atoms with Gasteiger partial charge in [-0.1, -0.05) is 11.6 Å². The average molecular weight is 432 g/mol. The van der Waals surface area contributed by atoms with Crippen LogP contribution in [0.3, 0.4) is 0 Å². The lowest BCUT2D eigenvalue weighted by Gasteiger charge is -2.26. The van der Waals surface area contributed by atoms with Crippen LogP contribution in [-0.4, -0.2) is 63.2 Å². The van der Waals surface area contributed by atoms with Gasteiger partial charge in [-0.05, 0) is 32.3 Å². The molecule has 2 aromatic heterocycles. The van der Waals surface area contributed by atoms with Gasteiger partial charge in [-0.3, -0.25) is 9.79 Å². The number of carbonyl (C=O) groups is 1. The number of amidine groups is 1. The molecule has 0 saturated carbocycles. The molecular weight excluding hydrogens is 409 g/mol. The van der Waals surface area contributed by atoms with Crippen molar-refractivity contribution < 1.29 is 9.18 Å². The van der Waals surface area contributed by atoms with Gasteiger partial charge in [0.15, 0.2) is 5.82 Å². The van der Waals surface area contributed by atoms with Gasteiger partial charge in [-0.25, -0.2) is 19.3 Å². The van der Waals surface area contributed by atoms with E-state index in [0.717, 1.165) is 44.4 Å². The molecule has 8 nitrogen and oxygen atoms in total. The van der Waals surface area contributed by atoms with Crippen LogP contribution in [0.1, 0.15) is 48.4 Å². The number of likely N-dealkylation sites (N-methyl/N-ethyl adjacent to an activating group) is 1. The van der Waals surface area contributed by atoms with E-state index in [1.165, 1.54) is 6.20 Å². The van der Waals surface area contributed by atoms with Crippen LogP contribution in [0.2, 0.25) is 5.02 Å². The molecule has 4 heterocycles. The molecule has 2 aliphatic heterocycles. The largest absolute Gasteiger partial charge is 0.353 e. The number of pyridine rings is 1. The Morgan fingerprint density at radius 1 is 1.23 bits per heavy atom. The first-order chi connectivity index (χ1) is 14.4. The summed E-state index contributed by atoms with van der Waals surface area (Å²) in [6.45, 7) is 3.76. The molecule has 158 valence electrons. The number of carbonyl (C=O) groups excluding carboxylic acids is 1. The molecule has 4 rings (SSSR count). The van der Waals surface area contributed by atoms with Crippen molar-refractivity contribution in [3.05, 3.63) is 40.7 Å². The van der Waals surface area contributed by atoms with E-state index in [1.807, 2.05) is 18.9 Å². The third-order valence-corrected chi connectivity index (χ3v) is 5.79. The normalized spacial score (nSPS) is 19.1. The van der Waals surface area contributed by atoms with Crippen LogP contribution in [-0.2, 0) is 0 Å². The lowest BCUT2D eigenvalue weighted by Crippen LogP contribution is -2.36. The molecular formula is C20H23ClFN7O. The predicted molar refractivity (Wildman–Crippen MR) is 113 cm³/mol. The summed E-state index contributed by atoms with van der Waals surface area (Å²) in [5.41, 5.74) is 1.01. The number of likely N-dealkylation sites (tertiary alicyclic amines) is 1. The molecule has 1 unspecified atom stereocenters. The number of hydrogen-bond acceptors (Lipinski definition) is 7. The molecule has 30 heavy (non-hydrogen) atoms. The number of rotatable bonds is 4. The van der Waals surface area contributed by atoms with Crippen LogP contribution >= 0.6 is 11.6 Å². The Hall–Kier alpha value is -2.81. The van der Waals surface area contributed by atoms with E-state index in [1.54, 1.807) is 11.0 Å². The van der Waals surface area contributed by atoms with E-state index < -0.39 is 5.82 Å². The maximum atomic E-state index is 14.3. The maximum Gasteiger partial charge on any atom is 0.273 e. The number of aliphatic imine (C=N–C) groups is 1. The van der Waals surface area contributed by atoms with Crippen molar-refractivity contribution in [1.29, 1.82) is 0 Å². The molecule has 1 N–H and O–H groups in total. The fourth-order valence-electron chi connectivity index (χ4n) is 3.66. The van der Waals surface area contributed by atoms with Crippen LogP contribution in [0.5, 0.6) is 0 Å². The van der Waals surface area contributed by atoms with Gasteiger partial charge in [-0.15, -0.1) is 0 Å². The lowest BCUT2D eigenvalue weighted by molar-refractivity contribution is 0.0718. The van der Waals surface area contributed by atoms with Gasteiger partial charge in [0.05, 0.1) is 41.5 Å². The second-order valence-electron chi connectivity index (χ2n) is 7.47. The van der Waals surface area contributed by atoms with Crippen LogP contribution in [0.15, 0.2) is 23.5 Å². The molecule has 0 bridgehead atoms. The first kappa shape index (κ1) is 20.5. The van der Waals surface area contributed by atoms with E-state index in [9.17, 15) is 9.18 Å². The highest BCUT2D eigenvalue weighted by Crippen LogP contribution is 2.27. The summed E-state index contributed by atoms with van der Waals surface area (Å²) < 4.78 is 14.3. The second kappa shape index (κ2) is 8.51. The van der Waals surface area contributed by atoms with Crippen LogP contribution < -0.4 is 5.32 Å². The van der Waals surface area contributed by atoms with E-state index in [4.69, 9.17) is 11.6 Å². The van der Waals surface area contributed by atoms with E-state index in [2.05, 4.69) is 25.3 Å². The highest BCUT2D eigenvalue weighted by molar-refractivity contribution is 6.33. The zero-order valence-electron chi connectivity index (χ0n) is 16.9. The summed E-state index contributed by atoms with van der Waals surface area (Å²) >= 11 is 6.33. The fourth-order valence-corrected chi connectivity index (χ4v) is 3.91. The standard InChI is InChI=1S/C20H23ClFN7O/c1-12-23-11-16(28(12)2)18-15(22)10-25-20(27-18)26-13-8-14(21)17(24-9-13)19(30)29-6-4-3-5-7-29/h8-10,16H,3-7,11H2,1-2H3,(H,25,26,27). The molecule has 1 amide bonds. The van der Waals surface area contributed by atoms with Gasteiger partial charge in [0.2, 0.25) is 5.95 Å². The highest BCUT2D eigenvalue weighted by atomic mass is 35.5. The van der Waals surface area contributed by atoms with E-state index in [-0.39, 0.29) is 34.3 Å². The molecule has 10 heteroatoms. The molecule has 2 aliphatic rings. The highest BCUT2D eigenvalue weighted by Gasteiger charge is 2.28. The second-order valence-corrected chi connectivity index (χ2v) is 7.88. The Morgan fingerprint density at radius 2 is 2.00 bits per heavy atom. The molecule has 1 fully saturated rings. The van der Waals surface area contributed by atoms with Crippen molar-refractivity contribution in [1.82, 2.24) is 24.8 Å². The van der Waals surface area contributed by atoms with Gasteiger partial charge >= 0.3 is 0 Å². The number of hydrogen-bond donors (Lipinski definition) is 1. The molecule has 0 spiro atoms. The van der Waals surface area contributed by atoms with Crippen molar-refractivity contribution in [2.75, 3.05) is 32.0 Å². The van der Waals surface area contributed by atoms with E-state index >= 15 is 0 Å². The SMILES string of the molecule is CC1=NCC(c2nc(Nc3cnc(C(=O)N4CCCCC4)c(Cl)c3)ncc2F)N1C. The van der Waals surface area contributed by atoms with Crippen LogP contribution in [0.25, 0.3) is 0 Å². The Labute approximate surface area is 179 Å². The van der Waals surface area contributed by atoms with Crippen molar-refractivity contribution in [3.8, 4) is 0 Å². The molecule has 1 saturated heterocycles. The predicted octanol–water partition coefficient (Wildman–Crippen LogP) is 3.44. The van der Waals surface area contributed by atoms with E-state index in [0.29, 0.717) is 12.2 Å². The minimum Gasteiger partial charge on any atom is -0.353 e. The summed E-state index contributed by atoms with van der Waals surface area (Å²) in [4.78, 5) is 33.2. The van der Waals surface area contributed by atoms with Gasteiger partial charge in [0.25, 0.3) is 5.91 Å². The molecule has 1 atom stereocenters. The van der Waals surface area contributed by atoms with Gasteiger partial charge in [0, 0.05) is 20.1 Å². The number of halogens is 2. The molecule has 0 aromatic carbocycles. The minimum absolute atomic E-state index is 0.161. The Kier molecular flexibility index (Phi) is 5.80. The maximum absolute atomic E-state index is 14.3. The summed E-state index contributed by atoms with van der Waals surface area (Å²) in [5, 5.41) is 3.24. The zero-order chi connectivity index (χ0) is 21.3. The lowest BCUT2D eigenvalue weighted by atomic mass is 10.1. The fraction of sp³-hybridized carbons (Fsp3) is 0.450. The van der Waals surface area contributed by atoms with Crippen molar-refractivity contribution in [3.63, 3.8) is 0 Å². The van der Waals surface area contributed by atoms with Crippen LogP contribution in [0, 0.1) is 5.82 Å². The number of anilines is 2. The van der Waals surface area contributed by atoms with Crippen molar-refractivity contribution in [2.24, 2.45) is 4.99 Å². The van der Waals surface area contributed by atoms with Gasteiger partial charge in [0.1, 0.15) is 11.4 Å². The first-order valence-corrected chi connectivity index (χ1v) is 10.3. The van der Waals surface area contributed by atoms with Gasteiger partial charge in [-0.2, -0.15) is 0 Å². The number of nitrogens with one attached hydrogen (secondary N) is 1. The van der Waals surface area contributed by atoms with Crippen molar-refractivity contribution in [2.45, 2.75) is 32.2 Å². The summed E-state index contributed by atoms with van der Waals surface area (Å²) in [6, 6.07) is 1.33. The average Bonchev–Trinajstić information content (AvgIpc) is 3.08. The molecule has 0 aliphatic carbocycles. The third-order valence-electron chi connectivity index (χ3n) is 5.50. The summed E-state index contributed by atoms with van der Waals surface area (Å²) in [7, 11) is 1.85. The molecule has 2 aromatic rings. The number of piperidine rings is 1. The summed E-state index contributed by atoms with van der Waals surface area (Å²) in [5.74, 6) is 0.405. The topological polar surface area (TPSA) is 86.6 Å². The monoisotopic (exact) mass is 431 g/mol. The third kappa shape index (κ3) is 4.07. The number of amides is 1. The van der Waals surface area contributed by atoms with Crippen molar-refractivity contribution >= 4 is 35.0 Å². The smallest absolute Gasteiger partial charge is 0.273 e.